The fourth-order valence-corrected chi connectivity index (χ4v) is 0.909. The van der Waals surface area contributed by atoms with Crippen LogP contribution in [0.5, 0.6) is 0 Å². The standard InChI is InChI=1S/C10H24N2O2/c1-3-9(11)13-7-5-6-8-14-10(12)4-2/h9-10H,3-8,11-12H2,1-2H3. The zero-order valence-corrected chi connectivity index (χ0v) is 9.37. The van der Waals surface area contributed by atoms with E-state index in [0.717, 1.165) is 25.7 Å². The van der Waals surface area contributed by atoms with Gasteiger partial charge in [-0.05, 0) is 25.7 Å². The number of hydrogen-bond donors (Lipinski definition) is 2. The van der Waals surface area contributed by atoms with Crippen LogP contribution in [0.15, 0.2) is 0 Å². The van der Waals surface area contributed by atoms with Crippen molar-refractivity contribution in [2.75, 3.05) is 13.2 Å². The summed E-state index contributed by atoms with van der Waals surface area (Å²) in [5.74, 6) is 0. The molecule has 4 nitrogen and oxygen atoms in total. The normalized spacial score (nSPS) is 15.4. The number of rotatable bonds is 9. The Kier molecular flexibility index (Phi) is 9.29. The third-order valence-corrected chi connectivity index (χ3v) is 2.01. The van der Waals surface area contributed by atoms with Gasteiger partial charge in [-0.2, -0.15) is 0 Å². The highest BCUT2D eigenvalue weighted by molar-refractivity contribution is 4.46. The van der Waals surface area contributed by atoms with Crippen molar-refractivity contribution in [3.05, 3.63) is 0 Å². The van der Waals surface area contributed by atoms with E-state index in [2.05, 4.69) is 0 Å². The Labute approximate surface area is 86.9 Å². The molecule has 0 aliphatic carbocycles. The van der Waals surface area contributed by atoms with Crippen molar-refractivity contribution < 1.29 is 9.47 Å². The Hall–Kier alpha value is -0.160. The largest absolute Gasteiger partial charge is 0.364 e. The molecule has 0 aromatic carbocycles. The monoisotopic (exact) mass is 204 g/mol. The van der Waals surface area contributed by atoms with Gasteiger partial charge in [0.25, 0.3) is 0 Å². The fourth-order valence-electron chi connectivity index (χ4n) is 0.909. The van der Waals surface area contributed by atoms with Gasteiger partial charge < -0.3 is 20.9 Å². The summed E-state index contributed by atoms with van der Waals surface area (Å²) >= 11 is 0. The molecule has 86 valence electrons. The first-order valence-corrected chi connectivity index (χ1v) is 5.45. The van der Waals surface area contributed by atoms with Crippen LogP contribution in [-0.2, 0) is 9.47 Å². The van der Waals surface area contributed by atoms with Crippen LogP contribution in [0.2, 0.25) is 0 Å². The summed E-state index contributed by atoms with van der Waals surface area (Å²) in [7, 11) is 0. The minimum atomic E-state index is -0.117. The molecule has 0 aliphatic rings. The van der Waals surface area contributed by atoms with Crippen LogP contribution in [0.1, 0.15) is 39.5 Å². The van der Waals surface area contributed by atoms with Gasteiger partial charge in [0.05, 0.1) is 0 Å². The molecule has 4 heteroatoms. The Bertz CT molecular complexity index is 109. The maximum atomic E-state index is 5.58. The summed E-state index contributed by atoms with van der Waals surface area (Å²) in [6.45, 7) is 5.43. The summed E-state index contributed by atoms with van der Waals surface area (Å²) in [5.41, 5.74) is 11.2. The third-order valence-electron chi connectivity index (χ3n) is 2.01. The van der Waals surface area contributed by atoms with Gasteiger partial charge >= 0.3 is 0 Å². The molecular formula is C10H24N2O2. The Morgan fingerprint density at radius 1 is 0.857 bits per heavy atom. The molecule has 0 radical (unpaired) electrons. The zero-order chi connectivity index (χ0) is 10.8. The van der Waals surface area contributed by atoms with E-state index in [0.29, 0.717) is 13.2 Å². The molecule has 2 atom stereocenters. The molecule has 0 saturated heterocycles. The first-order valence-electron chi connectivity index (χ1n) is 5.45. The highest BCUT2D eigenvalue weighted by Crippen LogP contribution is 1.97. The minimum Gasteiger partial charge on any atom is -0.364 e. The van der Waals surface area contributed by atoms with Gasteiger partial charge in [-0.15, -0.1) is 0 Å². The van der Waals surface area contributed by atoms with Crippen molar-refractivity contribution in [3.8, 4) is 0 Å². The molecule has 0 spiro atoms. The van der Waals surface area contributed by atoms with Crippen LogP contribution < -0.4 is 11.5 Å². The van der Waals surface area contributed by atoms with Crippen molar-refractivity contribution in [1.29, 1.82) is 0 Å². The van der Waals surface area contributed by atoms with E-state index in [-0.39, 0.29) is 12.5 Å². The van der Waals surface area contributed by atoms with Crippen LogP contribution >= 0.6 is 0 Å². The summed E-state index contributed by atoms with van der Waals surface area (Å²) < 4.78 is 10.6. The second-order valence-electron chi connectivity index (χ2n) is 3.34. The molecule has 0 rings (SSSR count). The summed E-state index contributed by atoms with van der Waals surface area (Å²) in [5, 5.41) is 0. The van der Waals surface area contributed by atoms with Gasteiger partial charge in [0.15, 0.2) is 0 Å². The second kappa shape index (κ2) is 9.40. The molecular weight excluding hydrogens is 180 g/mol. The van der Waals surface area contributed by atoms with Crippen LogP contribution in [0.4, 0.5) is 0 Å². The molecule has 0 aromatic heterocycles. The highest BCUT2D eigenvalue weighted by Gasteiger charge is 1.99. The lowest BCUT2D eigenvalue weighted by molar-refractivity contribution is 0.0311. The van der Waals surface area contributed by atoms with Crippen molar-refractivity contribution in [1.82, 2.24) is 0 Å². The quantitative estimate of drug-likeness (QED) is 0.437. The number of nitrogens with two attached hydrogens (primary N) is 2. The molecule has 0 aliphatic heterocycles. The molecule has 14 heavy (non-hydrogen) atoms. The van der Waals surface area contributed by atoms with Gasteiger partial charge in [-0.3, -0.25) is 0 Å². The topological polar surface area (TPSA) is 70.5 Å². The molecule has 0 saturated carbocycles. The first kappa shape index (κ1) is 13.8. The predicted octanol–water partition coefficient (Wildman–Crippen LogP) is 1.19. The molecule has 0 aromatic rings. The van der Waals surface area contributed by atoms with Crippen molar-refractivity contribution >= 4 is 0 Å². The van der Waals surface area contributed by atoms with Crippen LogP contribution in [-0.4, -0.2) is 25.7 Å². The van der Waals surface area contributed by atoms with Crippen molar-refractivity contribution in [2.24, 2.45) is 11.5 Å². The summed E-state index contributed by atoms with van der Waals surface area (Å²) in [6.07, 6.45) is 3.44. The molecule has 0 fully saturated rings. The fraction of sp³-hybridized carbons (Fsp3) is 1.00. The molecule has 0 bridgehead atoms. The van der Waals surface area contributed by atoms with E-state index in [1.165, 1.54) is 0 Å². The predicted molar refractivity (Wildman–Crippen MR) is 57.7 cm³/mol. The van der Waals surface area contributed by atoms with Gasteiger partial charge in [0.2, 0.25) is 0 Å². The average Bonchev–Trinajstić information content (AvgIpc) is 2.22. The Morgan fingerprint density at radius 3 is 1.50 bits per heavy atom. The molecule has 2 unspecified atom stereocenters. The number of ether oxygens (including phenoxy) is 2. The molecule has 0 heterocycles. The summed E-state index contributed by atoms with van der Waals surface area (Å²) in [6, 6.07) is 0. The van der Waals surface area contributed by atoms with Crippen LogP contribution in [0.3, 0.4) is 0 Å². The SMILES string of the molecule is CCC(N)OCCCCOC(N)CC. The Balaban J connectivity index is 3.06. The second-order valence-corrected chi connectivity index (χ2v) is 3.34. The van der Waals surface area contributed by atoms with Gasteiger partial charge in [0, 0.05) is 13.2 Å². The maximum Gasteiger partial charge on any atom is 0.105 e. The minimum absolute atomic E-state index is 0.117. The van der Waals surface area contributed by atoms with Crippen molar-refractivity contribution in [3.63, 3.8) is 0 Å². The van der Waals surface area contributed by atoms with Crippen molar-refractivity contribution in [2.45, 2.75) is 52.0 Å². The average molecular weight is 204 g/mol. The van der Waals surface area contributed by atoms with E-state index < -0.39 is 0 Å². The van der Waals surface area contributed by atoms with Crippen LogP contribution in [0.25, 0.3) is 0 Å². The van der Waals surface area contributed by atoms with Crippen LogP contribution in [0, 0.1) is 0 Å². The lowest BCUT2D eigenvalue weighted by Gasteiger charge is -2.12. The molecule has 0 amide bonds. The third kappa shape index (κ3) is 8.44. The zero-order valence-electron chi connectivity index (χ0n) is 9.37. The molecule has 4 N–H and O–H groups in total. The van der Waals surface area contributed by atoms with E-state index in [1.807, 2.05) is 13.8 Å². The van der Waals surface area contributed by atoms with Gasteiger partial charge in [0.1, 0.15) is 12.5 Å². The first-order chi connectivity index (χ1) is 6.70. The smallest absolute Gasteiger partial charge is 0.105 e. The number of unbranched alkanes of at least 4 members (excludes halogenated alkanes) is 1. The Morgan fingerprint density at radius 2 is 1.21 bits per heavy atom. The van der Waals surface area contributed by atoms with E-state index in [9.17, 15) is 0 Å². The summed E-state index contributed by atoms with van der Waals surface area (Å²) in [4.78, 5) is 0. The maximum absolute atomic E-state index is 5.58. The number of hydrogen-bond acceptors (Lipinski definition) is 4. The lowest BCUT2D eigenvalue weighted by atomic mass is 10.3. The lowest BCUT2D eigenvalue weighted by Crippen LogP contribution is -2.24. The van der Waals surface area contributed by atoms with E-state index in [4.69, 9.17) is 20.9 Å². The van der Waals surface area contributed by atoms with E-state index >= 15 is 0 Å². The van der Waals surface area contributed by atoms with E-state index in [1.54, 1.807) is 0 Å². The van der Waals surface area contributed by atoms with Gasteiger partial charge in [-0.25, -0.2) is 0 Å². The van der Waals surface area contributed by atoms with Gasteiger partial charge in [-0.1, -0.05) is 13.8 Å². The highest BCUT2D eigenvalue weighted by atomic mass is 16.5.